The fourth-order valence-corrected chi connectivity index (χ4v) is 2.59. The molecule has 0 aromatic heterocycles. The van der Waals surface area contributed by atoms with Crippen molar-refractivity contribution >= 4 is 17.6 Å². The molecule has 0 fully saturated rings. The van der Waals surface area contributed by atoms with Gasteiger partial charge in [0.1, 0.15) is 5.75 Å². The van der Waals surface area contributed by atoms with Gasteiger partial charge in [0, 0.05) is 0 Å². The molecule has 2 aromatic carbocycles. The van der Waals surface area contributed by atoms with Crippen molar-refractivity contribution < 1.29 is 19.1 Å². The van der Waals surface area contributed by atoms with Crippen LogP contribution in [-0.2, 0) is 16.1 Å². The van der Waals surface area contributed by atoms with Gasteiger partial charge in [-0.1, -0.05) is 24.3 Å². The van der Waals surface area contributed by atoms with Gasteiger partial charge in [-0.2, -0.15) is 0 Å². The van der Waals surface area contributed by atoms with E-state index in [0.717, 1.165) is 11.3 Å². The van der Waals surface area contributed by atoms with E-state index in [1.165, 1.54) is 0 Å². The van der Waals surface area contributed by atoms with E-state index in [1.54, 1.807) is 23.1 Å². The topological polar surface area (TPSA) is 55.8 Å². The molecule has 124 valence electrons. The Morgan fingerprint density at radius 1 is 1.21 bits per heavy atom. The smallest absolute Gasteiger partial charge is 0.338 e. The zero-order valence-corrected chi connectivity index (χ0v) is 13.7. The first-order chi connectivity index (χ1) is 11.5. The van der Waals surface area contributed by atoms with Crippen molar-refractivity contribution in [3.63, 3.8) is 0 Å². The van der Waals surface area contributed by atoms with Crippen molar-refractivity contribution in [2.45, 2.75) is 26.5 Å². The highest BCUT2D eigenvalue weighted by Crippen LogP contribution is 2.32. The third-order valence-electron chi connectivity index (χ3n) is 3.65. The lowest BCUT2D eigenvalue weighted by Crippen LogP contribution is -2.38. The van der Waals surface area contributed by atoms with Crippen LogP contribution in [0.1, 0.15) is 29.8 Å². The maximum Gasteiger partial charge on any atom is 0.338 e. The number of hydrogen-bond donors (Lipinski definition) is 0. The summed E-state index contributed by atoms with van der Waals surface area (Å²) in [6.07, 6.45) is -0.172. The number of esters is 1. The minimum Gasteiger partial charge on any atom is -0.482 e. The predicted octanol–water partition coefficient (Wildman–Crippen LogP) is 3.18. The number of amides is 1. The number of carbonyl (C=O) groups is 2. The number of nitrogens with zero attached hydrogens (tertiary/aromatic N) is 1. The highest BCUT2D eigenvalue weighted by Gasteiger charge is 2.25. The van der Waals surface area contributed by atoms with E-state index in [-0.39, 0.29) is 24.6 Å². The fourth-order valence-electron chi connectivity index (χ4n) is 2.59. The summed E-state index contributed by atoms with van der Waals surface area (Å²) in [5.74, 6) is 0.219. The van der Waals surface area contributed by atoms with Crippen LogP contribution in [0.5, 0.6) is 5.75 Å². The summed E-state index contributed by atoms with van der Waals surface area (Å²) in [6.45, 7) is 4.02. The Balaban J connectivity index is 1.84. The molecule has 1 heterocycles. The molecule has 3 rings (SSSR count). The molecule has 0 N–H and O–H groups in total. The van der Waals surface area contributed by atoms with Crippen molar-refractivity contribution in [2.24, 2.45) is 0 Å². The summed E-state index contributed by atoms with van der Waals surface area (Å²) in [5.41, 5.74) is 2.08. The molecule has 1 aliphatic rings. The Labute approximate surface area is 140 Å². The van der Waals surface area contributed by atoms with Crippen molar-refractivity contribution in [3.8, 4) is 5.75 Å². The summed E-state index contributed by atoms with van der Waals surface area (Å²) in [4.78, 5) is 25.9. The first-order valence-electron chi connectivity index (χ1n) is 7.86. The number of ether oxygens (including phenoxy) is 2. The number of hydrogen-bond acceptors (Lipinski definition) is 4. The van der Waals surface area contributed by atoms with Crippen LogP contribution in [0.4, 0.5) is 5.69 Å². The Bertz CT molecular complexity index is 769. The lowest BCUT2D eigenvalue weighted by Gasteiger charge is -2.29. The molecule has 1 aliphatic heterocycles. The van der Waals surface area contributed by atoms with Crippen LogP contribution in [0.15, 0.2) is 48.5 Å². The number of para-hydroxylation sites is 2. The van der Waals surface area contributed by atoms with E-state index in [4.69, 9.17) is 9.47 Å². The first-order valence-corrected chi connectivity index (χ1v) is 7.86. The van der Waals surface area contributed by atoms with Gasteiger partial charge in [-0.05, 0) is 43.7 Å². The molecule has 5 heteroatoms. The maximum atomic E-state index is 12.2. The van der Waals surface area contributed by atoms with Crippen molar-refractivity contribution in [1.29, 1.82) is 0 Å². The largest absolute Gasteiger partial charge is 0.482 e. The monoisotopic (exact) mass is 325 g/mol. The summed E-state index contributed by atoms with van der Waals surface area (Å²) in [6, 6.07) is 14.6. The zero-order chi connectivity index (χ0) is 17.1. The van der Waals surface area contributed by atoms with Gasteiger partial charge in [0.15, 0.2) is 6.61 Å². The van der Waals surface area contributed by atoms with Gasteiger partial charge in [0.2, 0.25) is 0 Å². The standard InChI is InChI=1S/C19H19NO4/c1-13(2)24-19(22)15-7-5-6-14(10-15)11-20-16-8-3-4-9-17(16)23-12-18(20)21/h3-10,13H,11-12H2,1-2H3. The van der Waals surface area contributed by atoms with Crippen LogP contribution >= 0.6 is 0 Å². The zero-order valence-electron chi connectivity index (χ0n) is 13.7. The van der Waals surface area contributed by atoms with Crippen molar-refractivity contribution in [3.05, 3.63) is 59.7 Å². The highest BCUT2D eigenvalue weighted by atomic mass is 16.5. The first kappa shape index (κ1) is 16.1. The number of fused-ring (bicyclic) bond motifs is 1. The second-order valence-corrected chi connectivity index (χ2v) is 5.89. The molecular formula is C19H19NO4. The molecule has 0 radical (unpaired) electrons. The Morgan fingerprint density at radius 3 is 2.79 bits per heavy atom. The molecule has 0 saturated heterocycles. The van der Waals surface area contributed by atoms with Crippen LogP contribution in [0.2, 0.25) is 0 Å². The summed E-state index contributed by atoms with van der Waals surface area (Å²) in [7, 11) is 0. The fraction of sp³-hybridized carbons (Fsp3) is 0.263. The molecule has 1 amide bonds. The number of anilines is 1. The molecule has 5 nitrogen and oxygen atoms in total. The Hall–Kier alpha value is -2.82. The third-order valence-corrected chi connectivity index (χ3v) is 3.65. The molecule has 0 spiro atoms. The second-order valence-electron chi connectivity index (χ2n) is 5.89. The van der Waals surface area contributed by atoms with Gasteiger partial charge in [-0.3, -0.25) is 4.79 Å². The molecule has 0 unspecified atom stereocenters. The van der Waals surface area contributed by atoms with E-state index in [0.29, 0.717) is 17.9 Å². The Morgan fingerprint density at radius 2 is 2.00 bits per heavy atom. The molecule has 24 heavy (non-hydrogen) atoms. The molecule has 0 aliphatic carbocycles. The lowest BCUT2D eigenvalue weighted by atomic mass is 10.1. The molecule has 0 bridgehead atoms. The van der Waals surface area contributed by atoms with E-state index in [1.807, 2.05) is 44.2 Å². The second kappa shape index (κ2) is 6.74. The molecular weight excluding hydrogens is 306 g/mol. The minimum atomic E-state index is -0.361. The van der Waals surface area contributed by atoms with Crippen LogP contribution in [0.25, 0.3) is 0 Å². The SMILES string of the molecule is CC(C)OC(=O)c1cccc(CN2C(=O)COc3ccccc32)c1. The lowest BCUT2D eigenvalue weighted by molar-refractivity contribution is -0.121. The van der Waals surface area contributed by atoms with Crippen LogP contribution in [-0.4, -0.2) is 24.6 Å². The minimum absolute atomic E-state index is 0.0199. The maximum absolute atomic E-state index is 12.2. The van der Waals surface area contributed by atoms with Crippen LogP contribution < -0.4 is 9.64 Å². The summed E-state index contributed by atoms with van der Waals surface area (Å²) < 4.78 is 10.7. The number of benzene rings is 2. The van der Waals surface area contributed by atoms with Gasteiger partial charge >= 0.3 is 5.97 Å². The Kier molecular flexibility index (Phi) is 4.51. The molecule has 2 aromatic rings. The van der Waals surface area contributed by atoms with Crippen LogP contribution in [0.3, 0.4) is 0 Å². The molecule has 0 saturated carbocycles. The quantitative estimate of drug-likeness (QED) is 0.810. The average molecular weight is 325 g/mol. The van der Waals surface area contributed by atoms with Gasteiger partial charge < -0.3 is 14.4 Å². The van der Waals surface area contributed by atoms with Gasteiger partial charge in [-0.25, -0.2) is 4.79 Å². The summed E-state index contributed by atoms with van der Waals surface area (Å²) in [5, 5.41) is 0. The highest BCUT2D eigenvalue weighted by molar-refractivity contribution is 5.97. The van der Waals surface area contributed by atoms with Gasteiger partial charge in [0.05, 0.1) is 23.9 Å². The van der Waals surface area contributed by atoms with E-state index < -0.39 is 0 Å². The van der Waals surface area contributed by atoms with E-state index in [9.17, 15) is 9.59 Å². The molecule has 0 atom stereocenters. The summed E-state index contributed by atoms with van der Waals surface area (Å²) >= 11 is 0. The third kappa shape index (κ3) is 3.40. The van der Waals surface area contributed by atoms with E-state index in [2.05, 4.69) is 0 Å². The van der Waals surface area contributed by atoms with Gasteiger partial charge in [-0.15, -0.1) is 0 Å². The predicted molar refractivity (Wildman–Crippen MR) is 90.1 cm³/mol. The average Bonchev–Trinajstić information content (AvgIpc) is 2.57. The normalized spacial score (nSPS) is 13.5. The number of carbonyl (C=O) groups excluding carboxylic acids is 2. The van der Waals surface area contributed by atoms with Crippen molar-refractivity contribution in [2.75, 3.05) is 11.5 Å². The number of rotatable bonds is 4. The van der Waals surface area contributed by atoms with Gasteiger partial charge in [0.25, 0.3) is 5.91 Å². The van der Waals surface area contributed by atoms with Crippen LogP contribution in [0, 0.1) is 0 Å². The van der Waals surface area contributed by atoms with E-state index >= 15 is 0 Å². The van der Waals surface area contributed by atoms with Crippen molar-refractivity contribution in [1.82, 2.24) is 0 Å².